The Kier molecular flexibility index (Phi) is 4.81. The summed E-state index contributed by atoms with van der Waals surface area (Å²) in [4.78, 5) is 23.3. The van der Waals surface area contributed by atoms with Crippen molar-refractivity contribution >= 4 is 50.8 Å². The fourth-order valence-electron chi connectivity index (χ4n) is 2.40. The van der Waals surface area contributed by atoms with Crippen LogP contribution < -0.4 is 19.7 Å². The number of carbonyl (C=O) groups excluding carboxylic acids is 2. The zero-order valence-corrected chi connectivity index (χ0v) is 14.9. The second kappa shape index (κ2) is 6.93. The molecular weight excluding hydrogens is 403 g/mol. The maximum absolute atomic E-state index is 14.4. The van der Waals surface area contributed by atoms with E-state index in [0.29, 0.717) is 9.99 Å². The summed E-state index contributed by atoms with van der Waals surface area (Å²) in [6.07, 6.45) is 0. The van der Waals surface area contributed by atoms with Crippen LogP contribution in [-0.2, 0) is 15.0 Å². The van der Waals surface area contributed by atoms with E-state index in [1.807, 2.05) is 0 Å². The molecule has 0 bridgehead atoms. The van der Waals surface area contributed by atoms with Crippen LogP contribution in [0.2, 0.25) is 5.02 Å². The Hall–Kier alpha value is -3.05. The van der Waals surface area contributed by atoms with Gasteiger partial charge in [0.25, 0.3) is 5.91 Å². The first kappa shape index (κ1) is 18.7. The van der Waals surface area contributed by atoms with Gasteiger partial charge in [-0.2, -0.15) is 8.42 Å². The number of aromatic hydroxyl groups is 1. The Balaban J connectivity index is 1.82. The third-order valence-electron chi connectivity index (χ3n) is 3.49. The summed E-state index contributed by atoms with van der Waals surface area (Å²) in [5.74, 6) is -2.79. The van der Waals surface area contributed by atoms with Crippen LogP contribution in [0.1, 0.15) is 0 Å². The smallest absolute Gasteiger partial charge is 0.326 e. The molecule has 0 radical (unpaired) electrons. The molecule has 0 aromatic heterocycles. The number of para-hydroxylation sites is 1. The molecule has 4 N–H and O–H groups in total. The van der Waals surface area contributed by atoms with Crippen LogP contribution in [-0.4, -0.2) is 32.0 Å². The second-order valence-electron chi connectivity index (χ2n) is 5.42. The molecule has 9 nitrogen and oxygen atoms in total. The van der Waals surface area contributed by atoms with Crippen molar-refractivity contribution in [3.8, 4) is 5.75 Å². The number of hydrogen-bond donors (Lipinski definition) is 4. The van der Waals surface area contributed by atoms with Gasteiger partial charge in [-0.1, -0.05) is 23.7 Å². The minimum absolute atomic E-state index is 0.144. The highest BCUT2D eigenvalue weighted by molar-refractivity contribution is 7.92. The number of rotatable bonds is 3. The molecule has 12 heteroatoms. The lowest BCUT2D eigenvalue weighted by molar-refractivity contribution is -0.117. The molecule has 1 heterocycles. The molecule has 0 atom stereocenters. The lowest BCUT2D eigenvalue weighted by atomic mass is 10.2. The number of phenols is 1. The zero-order valence-electron chi connectivity index (χ0n) is 13.4. The molecule has 1 fully saturated rings. The highest BCUT2D eigenvalue weighted by atomic mass is 35.5. The Bertz CT molecular complexity index is 1020. The van der Waals surface area contributed by atoms with Gasteiger partial charge in [-0.15, -0.1) is 0 Å². The lowest BCUT2D eigenvalue weighted by Crippen LogP contribution is -2.30. The Labute approximate surface area is 157 Å². The number of benzene rings is 2. The van der Waals surface area contributed by atoms with Gasteiger partial charge in [0.05, 0.1) is 10.7 Å². The minimum atomic E-state index is -4.30. The summed E-state index contributed by atoms with van der Waals surface area (Å²) in [5.41, 5.74) is -0.537. The van der Waals surface area contributed by atoms with Crippen molar-refractivity contribution in [1.82, 2.24) is 4.72 Å². The summed E-state index contributed by atoms with van der Waals surface area (Å²) >= 11 is 5.92. The highest BCUT2D eigenvalue weighted by Crippen LogP contribution is 2.36. The summed E-state index contributed by atoms with van der Waals surface area (Å²) in [7, 11) is -4.30. The average molecular weight is 415 g/mol. The average Bonchev–Trinajstić information content (AvgIpc) is 2.81. The van der Waals surface area contributed by atoms with E-state index in [0.717, 1.165) is 12.1 Å². The van der Waals surface area contributed by atoms with Crippen LogP contribution in [0.3, 0.4) is 0 Å². The van der Waals surface area contributed by atoms with Crippen LogP contribution in [0.5, 0.6) is 5.75 Å². The van der Waals surface area contributed by atoms with Crippen molar-refractivity contribution in [3.63, 3.8) is 0 Å². The summed E-state index contributed by atoms with van der Waals surface area (Å²) in [5, 5.41) is 15.0. The third-order valence-corrected chi connectivity index (χ3v) is 5.20. The molecule has 2 aromatic carbocycles. The monoisotopic (exact) mass is 414 g/mol. The molecule has 3 amide bonds. The molecule has 0 saturated carbocycles. The largest absolute Gasteiger partial charge is 0.506 e. The van der Waals surface area contributed by atoms with Crippen LogP contribution in [0.15, 0.2) is 36.4 Å². The van der Waals surface area contributed by atoms with Crippen molar-refractivity contribution in [2.24, 2.45) is 0 Å². The van der Waals surface area contributed by atoms with E-state index in [1.165, 1.54) is 0 Å². The molecule has 2 aromatic rings. The number of phenolic OH excluding ortho intramolecular Hbond substituents is 1. The normalized spacial score (nSPS) is 15.3. The quantitative estimate of drug-likeness (QED) is 0.610. The van der Waals surface area contributed by atoms with Gasteiger partial charge in [0.15, 0.2) is 5.82 Å². The maximum atomic E-state index is 14.4. The Morgan fingerprint density at radius 2 is 1.96 bits per heavy atom. The predicted molar refractivity (Wildman–Crippen MR) is 96.6 cm³/mol. The molecule has 1 aliphatic rings. The number of halogens is 2. The summed E-state index contributed by atoms with van der Waals surface area (Å²) in [6.45, 7) is -0.674. The van der Waals surface area contributed by atoms with Crippen molar-refractivity contribution in [1.29, 1.82) is 0 Å². The summed E-state index contributed by atoms with van der Waals surface area (Å²) < 4.78 is 40.0. The standard InChI is InChI=1S/C15H12ClFN4O5S/c16-9-3-1-2-4-11(9)19-15(24)18-8-5-10(17)14(12(22)6-8)21-7-13(23)20-27(21,25)26/h1-6,22H,7H2,(H,20,23)(H2,18,19,24). The summed E-state index contributed by atoms with van der Waals surface area (Å²) in [6, 6.07) is 7.41. The van der Waals surface area contributed by atoms with Crippen molar-refractivity contribution < 1.29 is 27.5 Å². The van der Waals surface area contributed by atoms with Gasteiger partial charge in [-0.25, -0.2) is 18.2 Å². The van der Waals surface area contributed by atoms with Gasteiger partial charge < -0.3 is 15.7 Å². The van der Waals surface area contributed by atoms with E-state index in [-0.39, 0.29) is 10.7 Å². The van der Waals surface area contributed by atoms with Gasteiger partial charge in [0, 0.05) is 11.8 Å². The number of urea groups is 1. The predicted octanol–water partition coefficient (Wildman–Crippen LogP) is 2.01. The zero-order chi connectivity index (χ0) is 19.8. The molecule has 0 unspecified atom stereocenters. The Morgan fingerprint density at radius 1 is 1.26 bits per heavy atom. The minimum Gasteiger partial charge on any atom is -0.506 e. The van der Waals surface area contributed by atoms with E-state index in [2.05, 4.69) is 10.6 Å². The van der Waals surface area contributed by atoms with Gasteiger partial charge in [-0.05, 0) is 18.2 Å². The molecule has 1 aliphatic heterocycles. The molecule has 27 heavy (non-hydrogen) atoms. The van der Waals surface area contributed by atoms with Crippen molar-refractivity contribution in [2.75, 3.05) is 21.5 Å². The number of carbonyl (C=O) groups is 2. The van der Waals surface area contributed by atoms with Crippen LogP contribution >= 0.6 is 11.6 Å². The van der Waals surface area contributed by atoms with E-state index in [1.54, 1.807) is 29.0 Å². The molecule has 0 aliphatic carbocycles. The van der Waals surface area contributed by atoms with E-state index < -0.39 is 45.9 Å². The molecular formula is C15H12ClFN4O5S. The topological polar surface area (TPSA) is 128 Å². The van der Waals surface area contributed by atoms with Crippen LogP contribution in [0.4, 0.5) is 26.2 Å². The van der Waals surface area contributed by atoms with Gasteiger partial charge >= 0.3 is 16.2 Å². The lowest BCUT2D eigenvalue weighted by Gasteiger charge is -2.18. The first-order valence-corrected chi connectivity index (χ1v) is 9.17. The van der Waals surface area contributed by atoms with Crippen LogP contribution in [0.25, 0.3) is 0 Å². The molecule has 0 spiro atoms. The van der Waals surface area contributed by atoms with Gasteiger partial charge in [0.2, 0.25) is 0 Å². The number of hydrogen-bond acceptors (Lipinski definition) is 5. The number of nitrogens with zero attached hydrogens (tertiary/aromatic N) is 1. The molecule has 142 valence electrons. The third kappa shape index (κ3) is 3.88. The van der Waals surface area contributed by atoms with E-state index in [4.69, 9.17) is 11.6 Å². The van der Waals surface area contributed by atoms with Crippen LogP contribution in [0, 0.1) is 5.82 Å². The number of amides is 3. The van der Waals surface area contributed by atoms with Crippen molar-refractivity contribution in [3.05, 3.63) is 47.2 Å². The molecule has 1 saturated heterocycles. The Morgan fingerprint density at radius 3 is 2.56 bits per heavy atom. The SMILES string of the molecule is O=C1CN(c2c(O)cc(NC(=O)Nc3ccccc3Cl)cc2F)S(=O)(=O)N1. The first-order chi connectivity index (χ1) is 12.7. The maximum Gasteiger partial charge on any atom is 0.326 e. The molecule has 3 rings (SSSR count). The first-order valence-electron chi connectivity index (χ1n) is 7.36. The van der Waals surface area contributed by atoms with E-state index in [9.17, 15) is 27.5 Å². The van der Waals surface area contributed by atoms with E-state index >= 15 is 0 Å². The van der Waals surface area contributed by atoms with Gasteiger partial charge in [0.1, 0.15) is 18.0 Å². The highest BCUT2D eigenvalue weighted by Gasteiger charge is 2.37. The number of anilines is 3. The van der Waals surface area contributed by atoms with Gasteiger partial charge in [-0.3, -0.25) is 4.79 Å². The fourth-order valence-corrected chi connectivity index (χ4v) is 3.75. The fraction of sp³-hybridized carbons (Fsp3) is 0.0667. The van der Waals surface area contributed by atoms with Crippen molar-refractivity contribution in [2.45, 2.75) is 0 Å². The second-order valence-corrected chi connectivity index (χ2v) is 7.42. The number of nitrogens with one attached hydrogen (secondary N) is 3.